The molecule has 0 heterocycles. The molecule has 0 fully saturated rings. The van der Waals surface area contributed by atoms with Gasteiger partial charge in [0.1, 0.15) is 0 Å². The van der Waals surface area contributed by atoms with Crippen LogP contribution in [-0.4, -0.2) is 11.5 Å². The van der Waals surface area contributed by atoms with Crippen LogP contribution in [0.25, 0.3) is 0 Å². The average molecular weight is 389 g/mol. The molecule has 0 bridgehead atoms. The second-order valence-electron chi connectivity index (χ2n) is 6.61. The minimum absolute atomic E-state index is 0. The van der Waals surface area contributed by atoms with E-state index in [1.807, 2.05) is 0 Å². The number of unbranched alkanes of at least 4 members (excludes halogenated alkanes) is 15. The molecule has 0 aromatic heterocycles. The van der Waals surface area contributed by atoms with Crippen molar-refractivity contribution in [1.29, 1.82) is 0 Å². The third kappa shape index (κ3) is 26.0. The van der Waals surface area contributed by atoms with E-state index in [-0.39, 0.29) is 58.0 Å². The fourth-order valence-corrected chi connectivity index (χ4v) is 3.19. The summed E-state index contributed by atoms with van der Waals surface area (Å²) in [5.41, 5.74) is 0. The molecule has 4 nitrogen and oxygen atoms in total. The van der Waals surface area contributed by atoms with Gasteiger partial charge >= 0.3 is 51.4 Å². The van der Waals surface area contributed by atoms with E-state index in [2.05, 4.69) is 11.4 Å². The quantitative estimate of drug-likeness (QED) is 0.223. The molecule has 0 saturated carbocycles. The topological polar surface area (TPSA) is 69.6 Å². The summed E-state index contributed by atoms with van der Waals surface area (Å²) in [5, 5.41) is 0. The first-order valence-corrected chi connectivity index (χ1v) is 11.2. The molecule has 0 radical (unpaired) electrons. The largest absolute Gasteiger partial charge is 1.00 e. The Bertz CT molecular complexity index is 284. The molecular weight excluding hydrogens is 350 g/mol. The van der Waals surface area contributed by atoms with Crippen LogP contribution < -0.4 is 56.3 Å². The Morgan fingerprint density at radius 1 is 0.708 bits per heavy atom. The zero-order chi connectivity index (χ0) is 17.2. The van der Waals surface area contributed by atoms with Crippen molar-refractivity contribution in [3.63, 3.8) is 0 Å². The fraction of sp³-hybridized carbons (Fsp3) is 1.00. The number of rotatable bonds is 18. The first-order chi connectivity index (χ1) is 11.1. The summed E-state index contributed by atoms with van der Waals surface area (Å²) >= 11 is 0. The molecule has 1 N–H and O–H groups in total. The molecular formula is C18H38KO4P. The van der Waals surface area contributed by atoms with Crippen LogP contribution in [0.3, 0.4) is 0 Å². The Kier molecular flexibility index (Phi) is 24.5. The number of phosphoric ester groups is 1. The summed E-state index contributed by atoms with van der Waals surface area (Å²) < 4.78 is 14.7. The maximum absolute atomic E-state index is 10.4. The summed E-state index contributed by atoms with van der Waals surface area (Å²) in [5.74, 6) is 0. The molecule has 140 valence electrons. The molecule has 0 aromatic rings. The summed E-state index contributed by atoms with van der Waals surface area (Å²) in [7, 11) is -4.51. The van der Waals surface area contributed by atoms with Crippen molar-refractivity contribution in [1.82, 2.24) is 0 Å². The summed E-state index contributed by atoms with van der Waals surface area (Å²) in [4.78, 5) is 18.8. The first-order valence-electron chi connectivity index (χ1n) is 9.74. The molecule has 0 aliphatic carbocycles. The second kappa shape index (κ2) is 21.1. The van der Waals surface area contributed by atoms with Crippen LogP contribution in [0.5, 0.6) is 0 Å². The van der Waals surface area contributed by atoms with Crippen LogP contribution in [0.1, 0.15) is 110 Å². The second-order valence-corrected chi connectivity index (χ2v) is 7.80. The van der Waals surface area contributed by atoms with Crippen molar-refractivity contribution >= 4 is 7.82 Å². The minimum atomic E-state index is -4.51. The van der Waals surface area contributed by atoms with Gasteiger partial charge in [0, 0.05) is 0 Å². The smallest absolute Gasteiger partial charge is 0.756 e. The molecule has 0 spiro atoms. The van der Waals surface area contributed by atoms with Crippen molar-refractivity contribution in [2.75, 3.05) is 6.61 Å². The van der Waals surface area contributed by atoms with Gasteiger partial charge in [-0.2, -0.15) is 0 Å². The number of phosphoric acid groups is 1. The number of hydrogen-bond donors (Lipinski definition) is 1. The van der Waals surface area contributed by atoms with Gasteiger partial charge in [0.15, 0.2) is 0 Å². The predicted octanol–water partition coefficient (Wildman–Crippen LogP) is 2.73. The van der Waals surface area contributed by atoms with E-state index in [9.17, 15) is 9.46 Å². The van der Waals surface area contributed by atoms with Crippen LogP contribution in [0.4, 0.5) is 0 Å². The van der Waals surface area contributed by atoms with Crippen molar-refractivity contribution in [3.8, 4) is 0 Å². The van der Waals surface area contributed by atoms with Crippen LogP contribution in [0, 0.1) is 0 Å². The van der Waals surface area contributed by atoms with Gasteiger partial charge in [0.25, 0.3) is 7.82 Å². The Labute approximate surface area is 192 Å². The van der Waals surface area contributed by atoms with Gasteiger partial charge in [-0.3, -0.25) is 4.57 Å². The van der Waals surface area contributed by atoms with Crippen molar-refractivity contribution in [2.45, 2.75) is 110 Å². The van der Waals surface area contributed by atoms with Gasteiger partial charge in [-0.15, -0.1) is 0 Å². The fourth-order valence-electron chi connectivity index (χ4n) is 2.83. The first kappa shape index (κ1) is 28.0. The Hall–Kier alpha value is 1.75. The van der Waals surface area contributed by atoms with Gasteiger partial charge < -0.3 is 14.3 Å². The van der Waals surface area contributed by atoms with Gasteiger partial charge in [0.2, 0.25) is 0 Å². The number of hydrogen-bond acceptors (Lipinski definition) is 3. The maximum Gasteiger partial charge on any atom is 1.00 e. The summed E-state index contributed by atoms with van der Waals surface area (Å²) in [6, 6.07) is 0. The van der Waals surface area contributed by atoms with E-state index in [0.717, 1.165) is 12.8 Å². The molecule has 0 rings (SSSR count). The predicted molar refractivity (Wildman–Crippen MR) is 95.3 cm³/mol. The molecule has 24 heavy (non-hydrogen) atoms. The van der Waals surface area contributed by atoms with E-state index in [0.29, 0.717) is 6.42 Å². The minimum Gasteiger partial charge on any atom is -0.756 e. The third-order valence-corrected chi connectivity index (χ3v) is 4.76. The molecule has 6 heteroatoms. The molecule has 0 aromatic carbocycles. The third-order valence-electron chi connectivity index (χ3n) is 4.25. The van der Waals surface area contributed by atoms with Gasteiger partial charge in [-0.05, 0) is 6.42 Å². The van der Waals surface area contributed by atoms with E-state index in [1.165, 1.54) is 83.5 Å². The zero-order valence-electron chi connectivity index (χ0n) is 16.1. The zero-order valence-corrected chi connectivity index (χ0v) is 20.2. The normalized spacial score (nSPS) is 13.5. The van der Waals surface area contributed by atoms with E-state index in [1.54, 1.807) is 0 Å². The molecule has 0 aliphatic heterocycles. The Balaban J connectivity index is 0. The van der Waals surface area contributed by atoms with Crippen molar-refractivity contribution in [3.05, 3.63) is 0 Å². The molecule has 0 saturated heterocycles. The van der Waals surface area contributed by atoms with E-state index in [4.69, 9.17) is 4.89 Å². The van der Waals surface area contributed by atoms with Crippen molar-refractivity contribution in [2.24, 2.45) is 0 Å². The van der Waals surface area contributed by atoms with Gasteiger partial charge in [-0.1, -0.05) is 103 Å². The van der Waals surface area contributed by atoms with Gasteiger partial charge in [-0.25, -0.2) is 0 Å². The van der Waals surface area contributed by atoms with Crippen LogP contribution in [-0.2, 0) is 9.09 Å². The van der Waals surface area contributed by atoms with Gasteiger partial charge in [0.05, 0.1) is 6.61 Å². The molecule has 1 atom stereocenters. The van der Waals surface area contributed by atoms with E-state index < -0.39 is 7.82 Å². The van der Waals surface area contributed by atoms with Crippen LogP contribution in [0.2, 0.25) is 0 Å². The van der Waals surface area contributed by atoms with Crippen LogP contribution in [0.15, 0.2) is 0 Å². The average Bonchev–Trinajstić information content (AvgIpc) is 2.49. The monoisotopic (exact) mass is 388 g/mol. The van der Waals surface area contributed by atoms with Crippen LogP contribution >= 0.6 is 7.82 Å². The Morgan fingerprint density at radius 3 is 1.29 bits per heavy atom. The standard InChI is InChI=1S/C18H39O4P.K/c1-2-3-4-5-6-7-8-9-10-11-12-13-14-15-16-17-18-22-23(19,20)21;/h2-18H2,1H3,(H2,19,20,21);/q;+1/p-1. The van der Waals surface area contributed by atoms with Crippen molar-refractivity contribution < 1.29 is 70.3 Å². The summed E-state index contributed by atoms with van der Waals surface area (Å²) in [6.07, 6.45) is 20.5. The van der Waals surface area contributed by atoms with E-state index >= 15 is 0 Å². The molecule has 1 unspecified atom stereocenters. The molecule has 0 amide bonds. The summed E-state index contributed by atoms with van der Waals surface area (Å²) in [6.45, 7) is 2.37. The molecule has 0 aliphatic rings. The maximum atomic E-state index is 10.4. The SMILES string of the molecule is CCCCCCCCCCCCCCCCCCOP(=O)([O-])O.[K+]. The Morgan fingerprint density at radius 2 is 1.00 bits per heavy atom.